The van der Waals surface area contributed by atoms with Crippen molar-refractivity contribution in [2.75, 3.05) is 26.7 Å². The molecular formula is C12H22ClN5O2. The molecule has 1 N–H and O–H groups in total. The van der Waals surface area contributed by atoms with Crippen molar-refractivity contribution in [2.24, 2.45) is 0 Å². The Morgan fingerprint density at radius 2 is 2.10 bits per heavy atom. The van der Waals surface area contributed by atoms with Gasteiger partial charge in [-0.15, -0.1) is 12.4 Å². The molecule has 0 aliphatic carbocycles. The number of hydrogen-bond donors (Lipinski definition) is 1. The molecule has 1 fully saturated rings. The lowest BCUT2D eigenvalue weighted by Gasteiger charge is -2.31. The van der Waals surface area contributed by atoms with Gasteiger partial charge in [0.15, 0.2) is 5.82 Å². The topological polar surface area (TPSA) is 76.2 Å². The number of hydrogen-bond acceptors (Lipinski definition) is 5. The molecule has 0 bridgehead atoms. The van der Waals surface area contributed by atoms with Gasteiger partial charge in [-0.1, -0.05) is 0 Å². The fourth-order valence-electron chi connectivity index (χ4n) is 2.57. The van der Waals surface area contributed by atoms with Crippen LogP contribution in [0.3, 0.4) is 0 Å². The number of rotatable bonds is 5. The number of likely N-dealkylation sites (tertiary alicyclic amines) is 1. The van der Waals surface area contributed by atoms with Gasteiger partial charge < -0.3 is 15.4 Å². The molecule has 20 heavy (non-hydrogen) atoms. The van der Waals surface area contributed by atoms with Crippen molar-refractivity contribution in [1.82, 2.24) is 19.8 Å². The highest BCUT2D eigenvalue weighted by molar-refractivity contribution is 5.85. The van der Waals surface area contributed by atoms with Crippen LogP contribution < -0.4 is 5.32 Å². The third kappa shape index (κ3) is 3.91. The van der Waals surface area contributed by atoms with Gasteiger partial charge in [0.1, 0.15) is 12.7 Å². The van der Waals surface area contributed by atoms with Gasteiger partial charge >= 0.3 is 5.82 Å². The van der Waals surface area contributed by atoms with Gasteiger partial charge in [-0.3, -0.25) is 4.90 Å². The Balaban J connectivity index is 0.00000200. The Hall–Kier alpha value is -1.18. The summed E-state index contributed by atoms with van der Waals surface area (Å²) in [6, 6.07) is 0.612. The Bertz CT molecular complexity index is 443. The van der Waals surface area contributed by atoms with Gasteiger partial charge in [-0.05, 0) is 37.9 Å². The van der Waals surface area contributed by atoms with Crippen molar-refractivity contribution in [3.05, 3.63) is 22.1 Å². The largest absolute Gasteiger partial charge is 0.358 e. The minimum atomic E-state index is -0.368. The molecule has 0 atom stereocenters. The van der Waals surface area contributed by atoms with Crippen LogP contribution in [-0.4, -0.2) is 52.1 Å². The average Bonchev–Trinajstić information content (AvgIpc) is 2.78. The third-order valence-electron chi connectivity index (χ3n) is 3.86. The summed E-state index contributed by atoms with van der Waals surface area (Å²) in [6.45, 7) is 5.38. The first-order valence-corrected chi connectivity index (χ1v) is 6.68. The summed E-state index contributed by atoms with van der Waals surface area (Å²) in [5, 5.41) is 14.2. The molecule has 1 saturated heterocycles. The molecule has 8 heteroatoms. The zero-order valence-electron chi connectivity index (χ0n) is 11.9. The zero-order chi connectivity index (χ0) is 13.8. The van der Waals surface area contributed by atoms with Crippen LogP contribution in [0.15, 0.2) is 6.20 Å². The molecule has 1 aromatic rings. The lowest BCUT2D eigenvalue weighted by atomic mass is 10.1. The normalized spacial score (nSPS) is 16.9. The standard InChI is InChI=1S/C12H21N5O2.ClH/c1-10-14-9-12(17(18)19)16(10)8-7-15-5-3-11(13-2)4-6-15;/h9,11,13H,3-8H2,1-2H3;1H. The molecule has 7 nitrogen and oxygen atoms in total. The summed E-state index contributed by atoms with van der Waals surface area (Å²) >= 11 is 0. The number of nitrogens with zero attached hydrogens (tertiary/aromatic N) is 4. The maximum absolute atomic E-state index is 10.9. The predicted octanol–water partition coefficient (Wildman–Crippen LogP) is 1.21. The lowest BCUT2D eigenvalue weighted by molar-refractivity contribution is -0.392. The van der Waals surface area contributed by atoms with E-state index in [9.17, 15) is 10.1 Å². The Kier molecular flexibility index (Phi) is 6.38. The molecule has 2 heterocycles. The molecule has 2 rings (SSSR count). The number of aryl methyl sites for hydroxylation is 1. The second-order valence-electron chi connectivity index (χ2n) is 4.98. The van der Waals surface area contributed by atoms with Crippen LogP contribution in [0.25, 0.3) is 0 Å². The van der Waals surface area contributed by atoms with E-state index < -0.39 is 0 Å². The number of halogens is 1. The molecule has 114 valence electrons. The maximum atomic E-state index is 10.9. The minimum absolute atomic E-state index is 0. The highest BCUT2D eigenvalue weighted by atomic mass is 35.5. The molecule has 0 unspecified atom stereocenters. The van der Waals surface area contributed by atoms with Gasteiger partial charge in [0.25, 0.3) is 0 Å². The van der Waals surface area contributed by atoms with Gasteiger partial charge in [-0.25, -0.2) is 9.55 Å². The smallest absolute Gasteiger partial charge is 0.342 e. The van der Waals surface area contributed by atoms with Crippen molar-refractivity contribution in [1.29, 1.82) is 0 Å². The van der Waals surface area contributed by atoms with Crippen molar-refractivity contribution in [3.8, 4) is 0 Å². The van der Waals surface area contributed by atoms with E-state index in [2.05, 4.69) is 15.2 Å². The highest BCUT2D eigenvalue weighted by Gasteiger charge is 2.21. The minimum Gasteiger partial charge on any atom is -0.358 e. The van der Waals surface area contributed by atoms with Crippen LogP contribution >= 0.6 is 12.4 Å². The van der Waals surface area contributed by atoms with Crippen molar-refractivity contribution >= 4 is 18.2 Å². The van der Waals surface area contributed by atoms with E-state index in [0.717, 1.165) is 32.5 Å². The SMILES string of the molecule is CNC1CCN(CCn2c([N+](=O)[O-])cnc2C)CC1.Cl. The van der Waals surface area contributed by atoms with E-state index in [-0.39, 0.29) is 23.1 Å². The van der Waals surface area contributed by atoms with Crippen LogP contribution in [0.2, 0.25) is 0 Å². The Morgan fingerprint density at radius 1 is 1.45 bits per heavy atom. The lowest BCUT2D eigenvalue weighted by Crippen LogP contribution is -2.42. The third-order valence-corrected chi connectivity index (χ3v) is 3.86. The number of nitrogens with one attached hydrogen (secondary N) is 1. The van der Waals surface area contributed by atoms with Crippen LogP contribution in [-0.2, 0) is 6.54 Å². The first kappa shape index (κ1) is 16.9. The summed E-state index contributed by atoms with van der Waals surface area (Å²) in [5.41, 5.74) is 0. The molecular weight excluding hydrogens is 282 g/mol. The quantitative estimate of drug-likeness (QED) is 0.653. The van der Waals surface area contributed by atoms with Gasteiger partial charge in [0, 0.05) is 19.5 Å². The summed E-state index contributed by atoms with van der Waals surface area (Å²) in [6.07, 6.45) is 3.62. The number of nitro groups is 1. The molecule has 0 amide bonds. The monoisotopic (exact) mass is 303 g/mol. The van der Waals surface area contributed by atoms with Crippen LogP contribution in [0.4, 0.5) is 5.82 Å². The Labute approximate surface area is 124 Å². The predicted molar refractivity (Wildman–Crippen MR) is 79.4 cm³/mol. The van der Waals surface area contributed by atoms with Gasteiger partial charge in [0.2, 0.25) is 0 Å². The fraction of sp³-hybridized carbons (Fsp3) is 0.750. The van der Waals surface area contributed by atoms with Crippen LogP contribution in [0.1, 0.15) is 18.7 Å². The van der Waals surface area contributed by atoms with Crippen molar-refractivity contribution in [3.63, 3.8) is 0 Å². The molecule has 0 aromatic carbocycles. The second kappa shape index (κ2) is 7.56. The molecule has 1 aliphatic heterocycles. The molecule has 1 aliphatic rings. The van der Waals surface area contributed by atoms with E-state index in [4.69, 9.17) is 0 Å². The summed E-state index contributed by atoms with van der Waals surface area (Å²) in [4.78, 5) is 16.9. The average molecular weight is 304 g/mol. The first-order valence-electron chi connectivity index (χ1n) is 6.68. The van der Waals surface area contributed by atoms with E-state index in [1.54, 1.807) is 11.5 Å². The molecule has 0 saturated carbocycles. The maximum Gasteiger partial charge on any atom is 0.342 e. The van der Waals surface area contributed by atoms with Crippen molar-refractivity contribution in [2.45, 2.75) is 32.4 Å². The van der Waals surface area contributed by atoms with Crippen LogP contribution in [0, 0.1) is 17.0 Å². The molecule has 0 radical (unpaired) electrons. The summed E-state index contributed by atoms with van der Waals surface area (Å²) < 4.78 is 1.68. The van der Waals surface area contributed by atoms with E-state index >= 15 is 0 Å². The zero-order valence-corrected chi connectivity index (χ0v) is 12.7. The Morgan fingerprint density at radius 3 is 2.65 bits per heavy atom. The number of piperidine rings is 1. The number of aromatic nitrogens is 2. The van der Waals surface area contributed by atoms with Gasteiger partial charge in [-0.2, -0.15) is 0 Å². The summed E-state index contributed by atoms with van der Waals surface area (Å²) in [7, 11) is 2.00. The fourth-order valence-corrected chi connectivity index (χ4v) is 2.57. The van der Waals surface area contributed by atoms with Gasteiger partial charge in [0.05, 0.1) is 0 Å². The first-order chi connectivity index (χ1) is 9.11. The highest BCUT2D eigenvalue weighted by Crippen LogP contribution is 2.15. The van der Waals surface area contributed by atoms with Crippen LogP contribution in [0.5, 0.6) is 0 Å². The second-order valence-corrected chi connectivity index (χ2v) is 4.98. The van der Waals surface area contributed by atoms with Crippen molar-refractivity contribution < 1.29 is 4.92 Å². The molecule has 0 spiro atoms. The molecule has 1 aromatic heterocycles. The van der Waals surface area contributed by atoms with E-state index in [1.807, 2.05) is 7.05 Å². The van der Waals surface area contributed by atoms with E-state index in [0.29, 0.717) is 18.4 Å². The number of imidazole rings is 1. The van der Waals surface area contributed by atoms with E-state index in [1.165, 1.54) is 6.20 Å². The summed E-state index contributed by atoms with van der Waals surface area (Å²) in [5.74, 6) is 0.791.